The van der Waals surface area contributed by atoms with Crippen LogP contribution < -0.4 is 0 Å². The molecule has 1 aliphatic heterocycles. The minimum absolute atomic E-state index is 0.0426. The fourth-order valence-corrected chi connectivity index (χ4v) is 4.65. The molecule has 0 radical (unpaired) electrons. The van der Waals surface area contributed by atoms with Gasteiger partial charge in [-0.15, -0.1) is 0 Å². The van der Waals surface area contributed by atoms with Crippen LogP contribution in [0.25, 0.3) is 5.69 Å². The molecule has 170 valence electrons. The first-order chi connectivity index (χ1) is 16.0. The fraction of sp³-hybridized carbons (Fsp3) is 0.320. The summed E-state index contributed by atoms with van der Waals surface area (Å²) in [6.07, 6.45) is 3.66. The molecule has 8 heteroatoms. The number of hydrogen-bond donors (Lipinski definition) is 1. The zero-order valence-electron chi connectivity index (χ0n) is 18.2. The molecule has 1 fully saturated rings. The number of fused-ring (bicyclic) bond motifs is 1. The Labute approximate surface area is 191 Å². The number of piperazine rings is 1. The van der Waals surface area contributed by atoms with Crippen LogP contribution in [0.4, 0.5) is 4.39 Å². The number of hydrogen-bond acceptors (Lipinski definition) is 4. The first kappa shape index (κ1) is 21.2. The number of carbonyl (C=O) groups is 2. The number of nitrogens with zero attached hydrogens (tertiary/aromatic N) is 4. The molecule has 2 heterocycles. The summed E-state index contributed by atoms with van der Waals surface area (Å²) in [5.41, 5.74) is 3.46. The summed E-state index contributed by atoms with van der Waals surface area (Å²) in [6, 6.07) is 12.6. The van der Waals surface area contributed by atoms with Gasteiger partial charge in [0.15, 0.2) is 5.69 Å². The van der Waals surface area contributed by atoms with Crippen LogP contribution in [-0.4, -0.2) is 62.7 Å². The van der Waals surface area contributed by atoms with Crippen LogP contribution in [0.1, 0.15) is 44.9 Å². The molecule has 0 atom stereocenters. The van der Waals surface area contributed by atoms with Gasteiger partial charge in [0, 0.05) is 37.4 Å². The number of phenolic OH excluding ortho intramolecular Hbond substituents is 1. The van der Waals surface area contributed by atoms with Crippen LogP contribution in [0.3, 0.4) is 0 Å². The van der Waals surface area contributed by atoms with Crippen molar-refractivity contribution in [1.29, 1.82) is 0 Å². The minimum atomic E-state index is -0.313. The van der Waals surface area contributed by atoms with Crippen molar-refractivity contribution in [3.05, 3.63) is 76.9 Å². The molecule has 1 N–H and O–H groups in total. The Kier molecular flexibility index (Phi) is 5.58. The average molecular weight is 448 g/mol. The number of halogens is 1. The lowest BCUT2D eigenvalue weighted by atomic mass is 9.95. The highest BCUT2D eigenvalue weighted by Gasteiger charge is 2.31. The van der Waals surface area contributed by atoms with Gasteiger partial charge in [0.25, 0.3) is 11.8 Å². The number of aromatic nitrogens is 2. The third kappa shape index (κ3) is 3.97. The topological polar surface area (TPSA) is 78.7 Å². The highest BCUT2D eigenvalue weighted by molar-refractivity contribution is 5.97. The van der Waals surface area contributed by atoms with E-state index in [1.807, 2.05) is 0 Å². The van der Waals surface area contributed by atoms with Crippen LogP contribution in [-0.2, 0) is 12.8 Å². The Hall–Kier alpha value is -3.68. The molecular formula is C25H25FN4O3. The van der Waals surface area contributed by atoms with E-state index in [1.54, 1.807) is 44.8 Å². The van der Waals surface area contributed by atoms with Gasteiger partial charge in [-0.1, -0.05) is 12.1 Å². The molecular weight excluding hydrogens is 423 g/mol. The first-order valence-electron chi connectivity index (χ1n) is 11.3. The quantitative estimate of drug-likeness (QED) is 0.668. The molecule has 0 spiro atoms. The third-order valence-electron chi connectivity index (χ3n) is 6.44. The van der Waals surface area contributed by atoms with E-state index in [0.29, 0.717) is 31.9 Å². The molecule has 5 rings (SSSR count). The smallest absolute Gasteiger partial charge is 0.274 e. The maximum atomic E-state index is 13.4. The summed E-state index contributed by atoms with van der Waals surface area (Å²) in [7, 11) is 0. The Morgan fingerprint density at radius 2 is 1.48 bits per heavy atom. The lowest BCUT2D eigenvalue weighted by Gasteiger charge is -2.34. The number of benzene rings is 2. The molecule has 1 aromatic heterocycles. The van der Waals surface area contributed by atoms with Gasteiger partial charge in [-0.2, -0.15) is 5.10 Å². The molecule has 3 aromatic rings. The van der Waals surface area contributed by atoms with Crippen LogP contribution in [0.15, 0.2) is 48.5 Å². The van der Waals surface area contributed by atoms with Crippen molar-refractivity contribution in [2.75, 3.05) is 26.2 Å². The van der Waals surface area contributed by atoms with Gasteiger partial charge >= 0.3 is 0 Å². The van der Waals surface area contributed by atoms with E-state index in [0.717, 1.165) is 42.6 Å². The van der Waals surface area contributed by atoms with E-state index in [4.69, 9.17) is 0 Å². The van der Waals surface area contributed by atoms with Gasteiger partial charge in [-0.25, -0.2) is 9.07 Å². The molecule has 0 unspecified atom stereocenters. The Morgan fingerprint density at radius 3 is 2.18 bits per heavy atom. The van der Waals surface area contributed by atoms with Crippen LogP contribution >= 0.6 is 0 Å². The monoisotopic (exact) mass is 448 g/mol. The van der Waals surface area contributed by atoms with Crippen LogP contribution in [0.2, 0.25) is 0 Å². The summed E-state index contributed by atoms with van der Waals surface area (Å²) in [4.78, 5) is 29.6. The first-order valence-corrected chi connectivity index (χ1v) is 11.3. The molecule has 1 aliphatic carbocycles. The Morgan fingerprint density at radius 1 is 0.848 bits per heavy atom. The van der Waals surface area contributed by atoms with Gasteiger partial charge in [-0.3, -0.25) is 9.59 Å². The molecule has 2 amide bonds. The van der Waals surface area contributed by atoms with E-state index in [2.05, 4.69) is 5.10 Å². The van der Waals surface area contributed by atoms with Gasteiger partial charge < -0.3 is 14.9 Å². The number of para-hydroxylation sites is 1. The second kappa shape index (κ2) is 8.69. The van der Waals surface area contributed by atoms with Crippen molar-refractivity contribution in [1.82, 2.24) is 19.6 Å². The standard InChI is InChI=1S/C25H25FN4O3/c26-17-9-11-18(12-10-17)30-21-7-3-1-5-19(21)23(27-30)25(33)29-15-13-28(14-16-29)24(32)20-6-2-4-8-22(20)31/h2,4,6,8-12,31H,1,3,5,7,13-16H2. The predicted octanol–water partition coefficient (Wildman–Crippen LogP) is 3.19. The highest BCUT2D eigenvalue weighted by atomic mass is 19.1. The largest absolute Gasteiger partial charge is 0.507 e. The van der Waals surface area contributed by atoms with E-state index in [9.17, 15) is 19.1 Å². The highest BCUT2D eigenvalue weighted by Crippen LogP contribution is 2.28. The van der Waals surface area contributed by atoms with Gasteiger partial charge in [-0.05, 0) is 62.1 Å². The molecule has 33 heavy (non-hydrogen) atoms. The second-order valence-electron chi connectivity index (χ2n) is 8.47. The van der Waals surface area contributed by atoms with Crippen LogP contribution in [0.5, 0.6) is 5.75 Å². The molecule has 0 bridgehead atoms. The number of phenols is 1. The SMILES string of the molecule is O=C(c1ccccc1O)N1CCN(C(=O)c2nn(-c3ccc(F)cc3)c3c2CCCC3)CC1. The molecule has 2 aliphatic rings. The van der Waals surface area contributed by atoms with Crippen molar-refractivity contribution in [2.24, 2.45) is 0 Å². The maximum absolute atomic E-state index is 13.4. The van der Waals surface area contributed by atoms with Crippen LogP contribution in [0, 0.1) is 5.82 Å². The minimum Gasteiger partial charge on any atom is -0.507 e. The van der Waals surface area contributed by atoms with Gasteiger partial charge in [0.2, 0.25) is 0 Å². The van der Waals surface area contributed by atoms with E-state index in [1.165, 1.54) is 18.2 Å². The van der Waals surface area contributed by atoms with Crippen molar-refractivity contribution < 1.29 is 19.1 Å². The zero-order valence-corrected chi connectivity index (χ0v) is 18.2. The summed E-state index contributed by atoms with van der Waals surface area (Å²) < 4.78 is 15.2. The fourth-order valence-electron chi connectivity index (χ4n) is 4.65. The summed E-state index contributed by atoms with van der Waals surface area (Å²) in [6.45, 7) is 1.58. The summed E-state index contributed by atoms with van der Waals surface area (Å²) >= 11 is 0. The lowest BCUT2D eigenvalue weighted by Crippen LogP contribution is -2.50. The van der Waals surface area contributed by atoms with E-state index in [-0.39, 0.29) is 28.9 Å². The van der Waals surface area contributed by atoms with Crippen molar-refractivity contribution in [3.8, 4) is 11.4 Å². The third-order valence-corrected chi connectivity index (χ3v) is 6.44. The van der Waals surface area contributed by atoms with Crippen molar-refractivity contribution in [3.63, 3.8) is 0 Å². The maximum Gasteiger partial charge on any atom is 0.274 e. The van der Waals surface area contributed by atoms with E-state index < -0.39 is 0 Å². The average Bonchev–Trinajstić information content (AvgIpc) is 3.24. The Bertz CT molecular complexity index is 1200. The number of rotatable bonds is 3. The number of aromatic hydroxyl groups is 1. The van der Waals surface area contributed by atoms with E-state index >= 15 is 0 Å². The van der Waals surface area contributed by atoms with Gasteiger partial charge in [0.05, 0.1) is 11.3 Å². The predicted molar refractivity (Wildman–Crippen MR) is 120 cm³/mol. The van der Waals surface area contributed by atoms with Crippen molar-refractivity contribution in [2.45, 2.75) is 25.7 Å². The molecule has 0 saturated carbocycles. The zero-order chi connectivity index (χ0) is 22.9. The number of carbonyl (C=O) groups excluding carboxylic acids is 2. The normalized spacial score (nSPS) is 15.9. The molecule has 2 aromatic carbocycles. The lowest BCUT2D eigenvalue weighted by molar-refractivity contribution is 0.0529. The summed E-state index contributed by atoms with van der Waals surface area (Å²) in [5, 5.41) is 14.7. The summed E-state index contributed by atoms with van der Waals surface area (Å²) in [5.74, 6) is -0.729. The van der Waals surface area contributed by atoms with Crippen molar-refractivity contribution >= 4 is 11.8 Å². The number of amides is 2. The molecule has 1 saturated heterocycles. The molecule has 7 nitrogen and oxygen atoms in total. The second-order valence-corrected chi connectivity index (χ2v) is 8.47. The Balaban J connectivity index is 1.35. The van der Waals surface area contributed by atoms with Gasteiger partial charge in [0.1, 0.15) is 11.6 Å².